The average Bonchev–Trinajstić information content (AvgIpc) is 3.47. The second-order valence-corrected chi connectivity index (χ2v) is 24.1. The number of ether oxygens (including phenoxy) is 3. The average molecular weight is 1130 g/mol. The molecule has 0 aromatic carbocycles. The van der Waals surface area contributed by atoms with Gasteiger partial charge in [-0.05, 0) is 64.2 Å². The number of allylic oxidation sites excluding steroid dienone is 10. The van der Waals surface area contributed by atoms with Gasteiger partial charge >= 0.3 is 17.9 Å². The number of carbonyl (C=O) groups excluding carboxylic acids is 3. The number of carbonyl (C=O) groups is 3. The Bertz CT molecular complexity index is 1440. The summed E-state index contributed by atoms with van der Waals surface area (Å²) in [5, 5.41) is 0. The molecule has 6 nitrogen and oxygen atoms in total. The lowest BCUT2D eigenvalue weighted by molar-refractivity contribution is -0.167. The van der Waals surface area contributed by atoms with Gasteiger partial charge in [0.05, 0.1) is 0 Å². The van der Waals surface area contributed by atoms with Crippen LogP contribution in [0.4, 0.5) is 0 Å². The van der Waals surface area contributed by atoms with E-state index in [1.165, 1.54) is 250 Å². The summed E-state index contributed by atoms with van der Waals surface area (Å²) in [6, 6.07) is 0. The van der Waals surface area contributed by atoms with Crippen molar-refractivity contribution in [2.75, 3.05) is 13.2 Å². The van der Waals surface area contributed by atoms with Crippen LogP contribution in [0.15, 0.2) is 60.8 Å². The van der Waals surface area contributed by atoms with E-state index >= 15 is 0 Å². The van der Waals surface area contributed by atoms with Gasteiger partial charge in [0.2, 0.25) is 0 Å². The van der Waals surface area contributed by atoms with Crippen LogP contribution in [0.25, 0.3) is 0 Å². The molecule has 0 radical (unpaired) electrons. The van der Waals surface area contributed by atoms with Crippen molar-refractivity contribution >= 4 is 17.9 Å². The molecule has 0 bridgehead atoms. The van der Waals surface area contributed by atoms with Gasteiger partial charge in [-0.2, -0.15) is 0 Å². The van der Waals surface area contributed by atoms with E-state index in [2.05, 4.69) is 81.5 Å². The maximum atomic E-state index is 12.9. The standard InChI is InChI=1S/C75H136O6/c1-4-7-10-13-16-18-20-22-24-26-28-30-32-34-35-36-37-38-39-40-41-42-44-45-47-49-51-53-55-57-59-62-65-68-74(77)80-71-72(70-79-73(76)67-64-61-15-12-9-6-3)81-75(78)69-66-63-60-58-56-54-52-50-48-46-43-33-31-29-27-25-23-21-19-17-14-11-8-5-2/h7,10,16,18,22,24,28,30,34-35,72H,4-6,8-9,11-15,17,19-21,23,25-27,29,31-33,36-71H2,1-3H3/b10-7-,18-16-,24-22-,30-28-,35-34-. The zero-order chi connectivity index (χ0) is 58.5. The van der Waals surface area contributed by atoms with Crippen molar-refractivity contribution in [2.24, 2.45) is 0 Å². The molecule has 81 heavy (non-hydrogen) atoms. The highest BCUT2D eigenvalue weighted by atomic mass is 16.6. The fourth-order valence-electron chi connectivity index (χ4n) is 10.7. The number of esters is 3. The Balaban J connectivity index is 3.96. The Morgan fingerprint density at radius 1 is 0.259 bits per heavy atom. The fourth-order valence-corrected chi connectivity index (χ4v) is 10.7. The van der Waals surface area contributed by atoms with Crippen LogP contribution < -0.4 is 0 Å². The fraction of sp³-hybridized carbons (Fsp3) is 0.827. The van der Waals surface area contributed by atoms with E-state index in [1.807, 2.05) is 0 Å². The van der Waals surface area contributed by atoms with E-state index in [1.54, 1.807) is 0 Å². The maximum Gasteiger partial charge on any atom is 0.306 e. The first-order valence-electron chi connectivity index (χ1n) is 35.8. The molecule has 1 unspecified atom stereocenters. The van der Waals surface area contributed by atoms with Crippen molar-refractivity contribution in [1.29, 1.82) is 0 Å². The van der Waals surface area contributed by atoms with Crippen LogP contribution in [-0.2, 0) is 28.6 Å². The third kappa shape index (κ3) is 67.8. The van der Waals surface area contributed by atoms with E-state index in [0.717, 1.165) is 89.9 Å². The number of unbranched alkanes of at least 4 members (excludes halogenated alkanes) is 45. The number of rotatable bonds is 66. The molecular formula is C75H136O6. The van der Waals surface area contributed by atoms with Gasteiger partial charge < -0.3 is 14.2 Å². The van der Waals surface area contributed by atoms with E-state index in [0.29, 0.717) is 19.3 Å². The third-order valence-corrected chi connectivity index (χ3v) is 16.0. The minimum Gasteiger partial charge on any atom is -0.462 e. The molecule has 0 saturated heterocycles. The van der Waals surface area contributed by atoms with Gasteiger partial charge in [0.25, 0.3) is 0 Å². The van der Waals surface area contributed by atoms with Gasteiger partial charge in [-0.15, -0.1) is 0 Å². The summed E-state index contributed by atoms with van der Waals surface area (Å²) < 4.78 is 16.9. The Labute approximate surface area is 504 Å². The molecule has 0 fully saturated rings. The van der Waals surface area contributed by atoms with Crippen molar-refractivity contribution in [2.45, 2.75) is 386 Å². The first-order valence-corrected chi connectivity index (χ1v) is 35.8. The van der Waals surface area contributed by atoms with E-state index in [9.17, 15) is 14.4 Å². The monoisotopic (exact) mass is 1130 g/mol. The van der Waals surface area contributed by atoms with Crippen LogP contribution in [0.5, 0.6) is 0 Å². The molecule has 0 saturated carbocycles. The van der Waals surface area contributed by atoms with Crippen molar-refractivity contribution in [1.82, 2.24) is 0 Å². The lowest BCUT2D eigenvalue weighted by Crippen LogP contribution is -2.30. The molecule has 0 N–H and O–H groups in total. The second-order valence-electron chi connectivity index (χ2n) is 24.1. The van der Waals surface area contributed by atoms with Crippen LogP contribution in [0.3, 0.4) is 0 Å². The Morgan fingerprint density at radius 2 is 0.481 bits per heavy atom. The normalized spacial score (nSPS) is 12.4. The quantitative estimate of drug-likeness (QED) is 0.0261. The molecular weight excluding hydrogens is 997 g/mol. The molecule has 0 spiro atoms. The number of hydrogen-bond donors (Lipinski definition) is 0. The summed E-state index contributed by atoms with van der Waals surface area (Å²) in [5.41, 5.74) is 0. The lowest BCUT2D eigenvalue weighted by Gasteiger charge is -2.18. The first-order chi connectivity index (χ1) is 40.0. The predicted molar refractivity (Wildman–Crippen MR) is 353 cm³/mol. The van der Waals surface area contributed by atoms with Crippen molar-refractivity contribution in [3.8, 4) is 0 Å². The predicted octanol–water partition coefficient (Wildman–Crippen LogP) is 24.7. The highest BCUT2D eigenvalue weighted by Gasteiger charge is 2.19. The molecule has 0 rings (SSSR count). The van der Waals surface area contributed by atoms with Gasteiger partial charge in [-0.1, -0.05) is 358 Å². The van der Waals surface area contributed by atoms with Crippen molar-refractivity contribution in [3.63, 3.8) is 0 Å². The van der Waals surface area contributed by atoms with E-state index in [4.69, 9.17) is 14.2 Å². The Morgan fingerprint density at radius 3 is 0.753 bits per heavy atom. The van der Waals surface area contributed by atoms with Crippen LogP contribution in [0.1, 0.15) is 380 Å². The minimum atomic E-state index is -0.767. The molecule has 0 aromatic rings. The van der Waals surface area contributed by atoms with Gasteiger partial charge in [0.1, 0.15) is 13.2 Å². The third-order valence-electron chi connectivity index (χ3n) is 16.0. The highest BCUT2D eigenvalue weighted by Crippen LogP contribution is 2.19. The molecule has 0 amide bonds. The van der Waals surface area contributed by atoms with Crippen molar-refractivity contribution in [3.05, 3.63) is 60.8 Å². The molecule has 472 valence electrons. The Kier molecular flexibility index (Phi) is 67.1. The SMILES string of the molecule is CC/C=C\C/C=C\C/C=C\C/C=C\C/C=C\CCCCCCCCCCCCCCCCCCCC(=O)OCC(COC(=O)CCCCCCCC)OC(=O)CCCCCCCCCCCCCCCCCCCCCCCCCC. The molecule has 0 heterocycles. The summed E-state index contributed by atoms with van der Waals surface area (Å²) in [4.78, 5) is 38.1. The summed E-state index contributed by atoms with van der Waals surface area (Å²) >= 11 is 0. The van der Waals surface area contributed by atoms with Crippen LogP contribution in [0.2, 0.25) is 0 Å². The lowest BCUT2D eigenvalue weighted by atomic mass is 10.0. The smallest absolute Gasteiger partial charge is 0.306 e. The minimum absolute atomic E-state index is 0.0677. The zero-order valence-electron chi connectivity index (χ0n) is 54.3. The highest BCUT2D eigenvalue weighted by molar-refractivity contribution is 5.71. The zero-order valence-corrected chi connectivity index (χ0v) is 54.3. The van der Waals surface area contributed by atoms with Crippen molar-refractivity contribution < 1.29 is 28.6 Å². The molecule has 0 aromatic heterocycles. The summed E-state index contributed by atoms with van der Waals surface area (Å²) in [6.45, 7) is 6.53. The van der Waals surface area contributed by atoms with Crippen LogP contribution >= 0.6 is 0 Å². The van der Waals surface area contributed by atoms with Crippen LogP contribution in [-0.4, -0.2) is 37.2 Å². The maximum absolute atomic E-state index is 12.9. The summed E-state index contributed by atoms with van der Waals surface area (Å²) in [7, 11) is 0. The largest absolute Gasteiger partial charge is 0.462 e. The first kappa shape index (κ1) is 78.1. The molecule has 0 aliphatic carbocycles. The number of hydrogen-bond acceptors (Lipinski definition) is 6. The van der Waals surface area contributed by atoms with Crippen LogP contribution in [0, 0.1) is 0 Å². The summed E-state index contributed by atoms with van der Waals surface area (Å²) in [6.07, 6.45) is 90.2. The van der Waals surface area contributed by atoms with E-state index in [-0.39, 0.29) is 31.1 Å². The molecule has 0 aliphatic heterocycles. The summed E-state index contributed by atoms with van der Waals surface area (Å²) in [5.74, 6) is -0.852. The Hall–Kier alpha value is -2.89. The van der Waals surface area contributed by atoms with Gasteiger partial charge in [-0.25, -0.2) is 0 Å². The van der Waals surface area contributed by atoms with Gasteiger partial charge in [0.15, 0.2) is 6.10 Å². The van der Waals surface area contributed by atoms with Gasteiger partial charge in [-0.3, -0.25) is 14.4 Å². The molecule has 0 aliphatic rings. The van der Waals surface area contributed by atoms with E-state index < -0.39 is 6.10 Å². The molecule has 1 atom stereocenters. The molecule has 6 heteroatoms. The topological polar surface area (TPSA) is 78.9 Å². The second kappa shape index (κ2) is 69.6. The van der Waals surface area contributed by atoms with Gasteiger partial charge in [0, 0.05) is 19.3 Å².